The first-order valence-corrected chi connectivity index (χ1v) is 7.64. The molecule has 0 saturated heterocycles. The Morgan fingerprint density at radius 2 is 2.20 bits per heavy atom. The molecule has 0 radical (unpaired) electrons. The second kappa shape index (κ2) is 7.12. The Balaban J connectivity index is 1.89. The number of carbonyl (C=O) groups is 1. The minimum Gasteiger partial charge on any atom is -0.496 e. The lowest BCUT2D eigenvalue weighted by molar-refractivity contribution is -0.121. The molecule has 0 saturated carbocycles. The molecule has 9 nitrogen and oxygen atoms in total. The van der Waals surface area contributed by atoms with E-state index in [-0.39, 0.29) is 12.3 Å². The van der Waals surface area contributed by atoms with Crippen molar-refractivity contribution in [3.8, 4) is 5.75 Å². The molecule has 0 aliphatic carbocycles. The molecule has 9 heteroatoms. The lowest BCUT2D eigenvalue weighted by Gasteiger charge is -2.18. The summed E-state index contributed by atoms with van der Waals surface area (Å²) in [5, 5.41) is 14.5. The van der Waals surface area contributed by atoms with Crippen LogP contribution in [-0.4, -0.2) is 38.2 Å². The summed E-state index contributed by atoms with van der Waals surface area (Å²) in [6.07, 6.45) is 1.68. The fourth-order valence-electron chi connectivity index (χ4n) is 2.47. The number of ether oxygens (including phenoxy) is 1. The Morgan fingerprint density at radius 3 is 2.84 bits per heavy atom. The maximum atomic E-state index is 12.5. The number of nitrogens with zero attached hydrogens (tertiary/aromatic N) is 5. The molecule has 0 spiro atoms. The Kier molecular flexibility index (Phi) is 4.73. The van der Waals surface area contributed by atoms with E-state index in [0.29, 0.717) is 23.2 Å². The van der Waals surface area contributed by atoms with Gasteiger partial charge in [0.25, 0.3) is 0 Å². The molecule has 3 aromatic rings. The van der Waals surface area contributed by atoms with Crippen molar-refractivity contribution < 1.29 is 14.1 Å². The van der Waals surface area contributed by atoms with Crippen LogP contribution in [0.2, 0.25) is 0 Å². The summed E-state index contributed by atoms with van der Waals surface area (Å²) in [7, 11) is 3.30. The maximum absolute atomic E-state index is 12.5. The van der Waals surface area contributed by atoms with Crippen molar-refractivity contribution in [2.24, 2.45) is 7.05 Å². The molecule has 130 valence electrons. The highest BCUT2D eigenvalue weighted by molar-refractivity contribution is 5.79. The highest BCUT2D eigenvalue weighted by Crippen LogP contribution is 2.28. The third kappa shape index (κ3) is 3.65. The number of nitrogens with one attached hydrogen (secondary N) is 1. The van der Waals surface area contributed by atoms with Gasteiger partial charge < -0.3 is 14.6 Å². The smallest absolute Gasteiger partial charge is 0.226 e. The van der Waals surface area contributed by atoms with E-state index in [1.807, 2.05) is 24.3 Å². The Bertz CT molecular complexity index is 872. The second-order valence-corrected chi connectivity index (χ2v) is 5.44. The fourth-order valence-corrected chi connectivity index (χ4v) is 2.47. The van der Waals surface area contributed by atoms with Gasteiger partial charge in [0.2, 0.25) is 11.8 Å². The van der Waals surface area contributed by atoms with E-state index < -0.39 is 6.04 Å². The number of hydrogen-bond acceptors (Lipinski definition) is 7. The third-order valence-corrected chi connectivity index (χ3v) is 3.71. The number of rotatable bonds is 6. The fraction of sp³-hybridized carbons (Fsp3) is 0.312. The number of aryl methyl sites for hydroxylation is 2. The molecule has 25 heavy (non-hydrogen) atoms. The molecular formula is C16H18N6O3. The van der Waals surface area contributed by atoms with E-state index in [4.69, 9.17) is 9.26 Å². The molecule has 1 atom stereocenters. The van der Waals surface area contributed by atoms with Crippen LogP contribution in [0, 0.1) is 6.92 Å². The Morgan fingerprint density at radius 1 is 1.40 bits per heavy atom. The number of amides is 1. The van der Waals surface area contributed by atoms with Gasteiger partial charge in [-0.2, -0.15) is 4.98 Å². The van der Waals surface area contributed by atoms with Gasteiger partial charge >= 0.3 is 0 Å². The van der Waals surface area contributed by atoms with Gasteiger partial charge in [-0.25, -0.2) is 0 Å². The van der Waals surface area contributed by atoms with Crippen LogP contribution in [0.15, 0.2) is 35.0 Å². The van der Waals surface area contributed by atoms with Crippen LogP contribution >= 0.6 is 0 Å². The average molecular weight is 342 g/mol. The second-order valence-electron chi connectivity index (χ2n) is 5.44. The third-order valence-electron chi connectivity index (χ3n) is 3.71. The van der Waals surface area contributed by atoms with E-state index in [1.54, 1.807) is 32.0 Å². The van der Waals surface area contributed by atoms with Crippen LogP contribution in [0.4, 0.5) is 0 Å². The summed E-state index contributed by atoms with van der Waals surface area (Å²) in [5.41, 5.74) is 1.43. The van der Waals surface area contributed by atoms with Gasteiger partial charge in [0.15, 0.2) is 5.82 Å². The van der Waals surface area contributed by atoms with Crippen molar-refractivity contribution in [2.75, 3.05) is 7.11 Å². The molecule has 0 fully saturated rings. The van der Waals surface area contributed by atoms with E-state index in [0.717, 1.165) is 5.56 Å². The maximum Gasteiger partial charge on any atom is 0.226 e. The van der Waals surface area contributed by atoms with Crippen LogP contribution in [0.1, 0.15) is 29.0 Å². The molecule has 1 amide bonds. The lowest BCUT2D eigenvalue weighted by atomic mass is 10.0. The molecule has 2 aromatic heterocycles. The predicted octanol–water partition coefficient (Wildman–Crippen LogP) is 0.963. The zero-order chi connectivity index (χ0) is 17.8. The molecule has 1 unspecified atom stereocenters. The zero-order valence-electron chi connectivity index (χ0n) is 14.1. The first-order valence-electron chi connectivity index (χ1n) is 7.64. The van der Waals surface area contributed by atoms with Crippen LogP contribution in [-0.2, 0) is 18.3 Å². The minimum atomic E-state index is -0.595. The number of hydrogen-bond donors (Lipinski definition) is 1. The van der Waals surface area contributed by atoms with Crippen molar-refractivity contribution >= 4 is 5.91 Å². The zero-order valence-corrected chi connectivity index (χ0v) is 14.1. The van der Waals surface area contributed by atoms with E-state index in [1.165, 1.54) is 0 Å². The molecule has 1 aromatic carbocycles. The monoisotopic (exact) mass is 342 g/mol. The minimum absolute atomic E-state index is 0.131. The van der Waals surface area contributed by atoms with E-state index >= 15 is 0 Å². The number of methoxy groups -OCH3 is 1. The van der Waals surface area contributed by atoms with Gasteiger partial charge in [-0.15, -0.1) is 5.10 Å². The summed E-state index contributed by atoms with van der Waals surface area (Å²) in [5.74, 6) is 1.18. The number of aromatic nitrogens is 5. The topological polar surface area (TPSA) is 108 Å². The highest BCUT2D eigenvalue weighted by atomic mass is 16.5. The van der Waals surface area contributed by atoms with Gasteiger partial charge in [-0.3, -0.25) is 9.48 Å². The number of carbonyl (C=O) groups excluding carboxylic acids is 1. The molecule has 0 aliphatic rings. The van der Waals surface area contributed by atoms with Gasteiger partial charge in [-0.05, 0) is 6.07 Å². The van der Waals surface area contributed by atoms with Crippen molar-refractivity contribution in [1.29, 1.82) is 0 Å². The number of benzene rings is 1. The first kappa shape index (κ1) is 16.6. The van der Waals surface area contributed by atoms with Gasteiger partial charge in [0, 0.05) is 19.5 Å². The predicted molar refractivity (Wildman–Crippen MR) is 86.7 cm³/mol. The summed E-state index contributed by atoms with van der Waals surface area (Å²) in [6.45, 7) is 1.69. The summed E-state index contributed by atoms with van der Waals surface area (Å²) >= 11 is 0. The first-order chi connectivity index (χ1) is 12.1. The highest BCUT2D eigenvalue weighted by Gasteiger charge is 2.25. The van der Waals surface area contributed by atoms with Crippen molar-refractivity contribution in [3.05, 3.63) is 53.4 Å². The molecule has 2 heterocycles. The summed E-state index contributed by atoms with van der Waals surface area (Å²) in [6, 6.07) is 6.77. The average Bonchev–Trinajstić information content (AvgIpc) is 3.21. The number of para-hydroxylation sites is 1. The van der Waals surface area contributed by atoms with Gasteiger partial charge in [0.1, 0.15) is 11.8 Å². The summed E-state index contributed by atoms with van der Waals surface area (Å²) < 4.78 is 12.0. The SMILES string of the molecule is COc1ccccc1C(NC(=O)Cc1cnnn1C)c1noc(C)n1. The van der Waals surface area contributed by atoms with Crippen molar-refractivity contribution in [2.45, 2.75) is 19.4 Å². The largest absolute Gasteiger partial charge is 0.496 e. The molecule has 3 rings (SSSR count). The van der Waals surface area contributed by atoms with E-state index in [2.05, 4.69) is 25.8 Å². The van der Waals surface area contributed by atoms with Crippen molar-refractivity contribution in [1.82, 2.24) is 30.5 Å². The van der Waals surface area contributed by atoms with Crippen molar-refractivity contribution in [3.63, 3.8) is 0 Å². The Labute approximate surface area is 144 Å². The van der Waals surface area contributed by atoms with Crippen LogP contribution in [0.25, 0.3) is 0 Å². The van der Waals surface area contributed by atoms with Gasteiger partial charge in [0.05, 0.1) is 25.4 Å². The molecule has 0 aliphatic heterocycles. The van der Waals surface area contributed by atoms with Crippen LogP contribution in [0.3, 0.4) is 0 Å². The van der Waals surface area contributed by atoms with E-state index in [9.17, 15) is 4.79 Å². The summed E-state index contributed by atoms with van der Waals surface area (Å²) in [4.78, 5) is 16.8. The van der Waals surface area contributed by atoms with Crippen LogP contribution in [0.5, 0.6) is 5.75 Å². The molecule has 1 N–H and O–H groups in total. The molecule has 0 bridgehead atoms. The lowest BCUT2D eigenvalue weighted by Crippen LogP contribution is -2.32. The Hall–Kier alpha value is -3.23. The molecular weight excluding hydrogens is 324 g/mol. The quantitative estimate of drug-likeness (QED) is 0.711. The van der Waals surface area contributed by atoms with Gasteiger partial charge in [-0.1, -0.05) is 28.6 Å². The normalized spacial score (nSPS) is 12.0. The van der Waals surface area contributed by atoms with Crippen LogP contribution < -0.4 is 10.1 Å². The standard InChI is InChI=1S/C16H18N6O3/c1-10-18-16(20-25-10)15(12-6-4-5-7-13(12)24-3)19-14(23)8-11-9-17-21-22(11)2/h4-7,9,15H,8H2,1-3H3,(H,19,23).